The Balaban J connectivity index is 1.84. The van der Waals surface area contributed by atoms with Crippen molar-refractivity contribution in [1.29, 1.82) is 0 Å². The molecule has 2 unspecified atom stereocenters. The fraction of sp³-hybridized carbons (Fsp3) is 0.312. The molecule has 0 bridgehead atoms. The first-order valence-corrected chi connectivity index (χ1v) is 7.38. The Bertz CT molecular complexity index is 642. The average Bonchev–Trinajstić information content (AvgIpc) is 2.92. The van der Waals surface area contributed by atoms with Gasteiger partial charge in [-0.05, 0) is 32.0 Å². The van der Waals surface area contributed by atoms with E-state index in [1.807, 2.05) is 26.0 Å². The van der Waals surface area contributed by atoms with Crippen molar-refractivity contribution in [2.75, 3.05) is 6.54 Å². The number of furan rings is 1. The molecule has 22 heavy (non-hydrogen) atoms. The first-order valence-electron chi connectivity index (χ1n) is 7.00. The predicted molar refractivity (Wildman–Crippen MR) is 84.8 cm³/mol. The standard InChI is InChI=1S/C16H19ClN2O3/c1-10-7-8-15(22-10)11(2)19-16(21)18-9-14(20)12-5-3-4-6-13(12)17/h3-8,11,14,20H,9H2,1-2H3,(H2,18,19,21). The zero-order valence-corrected chi connectivity index (χ0v) is 13.2. The van der Waals surface area contributed by atoms with Crippen LogP contribution in [0.25, 0.3) is 0 Å². The molecular weight excluding hydrogens is 304 g/mol. The molecule has 3 N–H and O–H groups in total. The van der Waals surface area contributed by atoms with Crippen LogP contribution in [0.15, 0.2) is 40.8 Å². The van der Waals surface area contributed by atoms with Crippen LogP contribution in [0.3, 0.4) is 0 Å². The van der Waals surface area contributed by atoms with E-state index in [0.717, 1.165) is 5.76 Å². The highest BCUT2D eigenvalue weighted by Gasteiger charge is 2.15. The monoisotopic (exact) mass is 322 g/mol. The molecule has 1 aromatic carbocycles. The number of aryl methyl sites for hydroxylation is 1. The van der Waals surface area contributed by atoms with Crippen molar-refractivity contribution in [3.8, 4) is 0 Å². The molecule has 2 rings (SSSR count). The predicted octanol–water partition coefficient (Wildman–Crippen LogP) is 3.34. The summed E-state index contributed by atoms with van der Waals surface area (Å²) < 4.78 is 5.45. The molecule has 6 heteroatoms. The van der Waals surface area contributed by atoms with Crippen molar-refractivity contribution in [1.82, 2.24) is 10.6 Å². The summed E-state index contributed by atoms with van der Waals surface area (Å²) in [5.41, 5.74) is 0.583. The van der Waals surface area contributed by atoms with Crippen LogP contribution in [0.5, 0.6) is 0 Å². The Morgan fingerprint density at radius 2 is 2.05 bits per heavy atom. The lowest BCUT2D eigenvalue weighted by Gasteiger charge is -2.16. The highest BCUT2D eigenvalue weighted by Crippen LogP contribution is 2.21. The third-order valence-electron chi connectivity index (χ3n) is 3.26. The van der Waals surface area contributed by atoms with E-state index in [1.54, 1.807) is 24.3 Å². The molecule has 5 nitrogen and oxygen atoms in total. The van der Waals surface area contributed by atoms with Crippen LogP contribution in [0.1, 0.15) is 36.2 Å². The van der Waals surface area contributed by atoms with E-state index in [9.17, 15) is 9.90 Å². The Kier molecular flexibility index (Phi) is 5.46. The van der Waals surface area contributed by atoms with Crippen LogP contribution in [0.4, 0.5) is 4.79 Å². The number of nitrogens with one attached hydrogen (secondary N) is 2. The van der Waals surface area contributed by atoms with Gasteiger partial charge in [0.15, 0.2) is 0 Å². The molecule has 0 fully saturated rings. The van der Waals surface area contributed by atoms with Crippen LogP contribution in [0.2, 0.25) is 5.02 Å². The minimum Gasteiger partial charge on any atom is -0.464 e. The van der Waals surface area contributed by atoms with Crippen molar-refractivity contribution >= 4 is 17.6 Å². The maximum Gasteiger partial charge on any atom is 0.315 e. The van der Waals surface area contributed by atoms with Crippen molar-refractivity contribution < 1.29 is 14.3 Å². The van der Waals surface area contributed by atoms with Gasteiger partial charge in [0.25, 0.3) is 0 Å². The van der Waals surface area contributed by atoms with E-state index in [1.165, 1.54) is 0 Å². The topological polar surface area (TPSA) is 74.5 Å². The quantitative estimate of drug-likeness (QED) is 0.790. The third kappa shape index (κ3) is 4.26. The van der Waals surface area contributed by atoms with Gasteiger partial charge in [-0.15, -0.1) is 0 Å². The number of urea groups is 1. The van der Waals surface area contributed by atoms with Gasteiger partial charge in [0.2, 0.25) is 0 Å². The molecule has 0 spiro atoms. The Hall–Kier alpha value is -1.98. The molecule has 1 heterocycles. The van der Waals surface area contributed by atoms with Gasteiger partial charge < -0.3 is 20.2 Å². The highest BCUT2D eigenvalue weighted by molar-refractivity contribution is 6.31. The summed E-state index contributed by atoms with van der Waals surface area (Å²) in [6, 6.07) is 10.0. The molecule has 1 aromatic heterocycles. The van der Waals surface area contributed by atoms with Crippen LogP contribution >= 0.6 is 11.6 Å². The van der Waals surface area contributed by atoms with Gasteiger partial charge in [-0.1, -0.05) is 29.8 Å². The van der Waals surface area contributed by atoms with Gasteiger partial charge in [-0.25, -0.2) is 4.79 Å². The Morgan fingerprint density at radius 3 is 2.68 bits per heavy atom. The number of carbonyl (C=O) groups excluding carboxylic acids is 1. The van der Waals surface area contributed by atoms with Gasteiger partial charge >= 0.3 is 6.03 Å². The molecule has 2 atom stereocenters. The minimum atomic E-state index is -0.861. The maximum absolute atomic E-state index is 11.8. The lowest BCUT2D eigenvalue weighted by atomic mass is 10.1. The zero-order valence-electron chi connectivity index (χ0n) is 12.5. The lowest BCUT2D eigenvalue weighted by Crippen LogP contribution is -2.39. The van der Waals surface area contributed by atoms with Gasteiger partial charge in [0, 0.05) is 17.1 Å². The highest BCUT2D eigenvalue weighted by atomic mass is 35.5. The zero-order chi connectivity index (χ0) is 16.1. The SMILES string of the molecule is Cc1ccc(C(C)NC(=O)NCC(O)c2ccccc2Cl)o1. The van der Waals surface area contributed by atoms with Crippen molar-refractivity contribution in [2.24, 2.45) is 0 Å². The summed E-state index contributed by atoms with van der Waals surface area (Å²) in [6.45, 7) is 3.73. The number of aliphatic hydroxyl groups is 1. The smallest absolute Gasteiger partial charge is 0.315 e. The molecule has 2 aromatic rings. The fourth-order valence-corrected chi connectivity index (χ4v) is 2.31. The molecule has 0 aliphatic rings. The van der Waals surface area contributed by atoms with Crippen molar-refractivity contribution in [2.45, 2.75) is 26.0 Å². The van der Waals surface area contributed by atoms with Crippen LogP contribution in [0, 0.1) is 6.92 Å². The molecule has 118 valence electrons. The summed E-state index contributed by atoms with van der Waals surface area (Å²) in [4.78, 5) is 11.8. The molecule has 0 aliphatic heterocycles. The van der Waals surface area contributed by atoms with Crippen LogP contribution in [-0.2, 0) is 0 Å². The van der Waals surface area contributed by atoms with E-state index in [4.69, 9.17) is 16.0 Å². The molecule has 0 radical (unpaired) electrons. The number of benzene rings is 1. The number of carbonyl (C=O) groups is 1. The van der Waals surface area contributed by atoms with E-state index >= 15 is 0 Å². The Morgan fingerprint density at radius 1 is 1.32 bits per heavy atom. The summed E-state index contributed by atoms with van der Waals surface area (Å²) in [5, 5.41) is 15.9. The number of aliphatic hydroxyl groups excluding tert-OH is 1. The minimum absolute atomic E-state index is 0.0689. The van der Waals surface area contributed by atoms with E-state index in [2.05, 4.69) is 10.6 Å². The number of rotatable bonds is 5. The molecular formula is C16H19ClN2O3. The molecule has 0 saturated heterocycles. The van der Waals surface area contributed by atoms with E-state index in [-0.39, 0.29) is 18.6 Å². The van der Waals surface area contributed by atoms with E-state index in [0.29, 0.717) is 16.3 Å². The first kappa shape index (κ1) is 16.4. The summed E-state index contributed by atoms with van der Waals surface area (Å²) in [7, 11) is 0. The number of hydrogen-bond acceptors (Lipinski definition) is 3. The normalized spacial score (nSPS) is 13.5. The first-order chi connectivity index (χ1) is 10.5. The second kappa shape index (κ2) is 7.33. The van der Waals surface area contributed by atoms with E-state index < -0.39 is 6.10 Å². The molecule has 0 saturated carbocycles. The second-order valence-corrected chi connectivity index (χ2v) is 5.47. The van der Waals surface area contributed by atoms with Crippen LogP contribution in [-0.4, -0.2) is 17.7 Å². The maximum atomic E-state index is 11.8. The van der Waals surface area contributed by atoms with Gasteiger partial charge in [-0.2, -0.15) is 0 Å². The summed E-state index contributed by atoms with van der Waals surface area (Å²) in [6.07, 6.45) is -0.861. The van der Waals surface area contributed by atoms with Crippen molar-refractivity contribution in [3.63, 3.8) is 0 Å². The Labute approximate surface area is 134 Å². The number of amides is 2. The molecule has 2 amide bonds. The van der Waals surface area contributed by atoms with Gasteiger partial charge in [-0.3, -0.25) is 0 Å². The largest absolute Gasteiger partial charge is 0.464 e. The van der Waals surface area contributed by atoms with Gasteiger partial charge in [0.05, 0.1) is 12.1 Å². The fourth-order valence-electron chi connectivity index (χ4n) is 2.05. The molecule has 0 aliphatic carbocycles. The summed E-state index contributed by atoms with van der Waals surface area (Å²) in [5.74, 6) is 1.47. The second-order valence-electron chi connectivity index (χ2n) is 5.06. The average molecular weight is 323 g/mol. The number of halogens is 1. The van der Waals surface area contributed by atoms with Crippen LogP contribution < -0.4 is 10.6 Å². The lowest BCUT2D eigenvalue weighted by molar-refractivity contribution is 0.172. The summed E-state index contributed by atoms with van der Waals surface area (Å²) >= 11 is 6.00. The third-order valence-corrected chi connectivity index (χ3v) is 3.60. The number of hydrogen-bond donors (Lipinski definition) is 3. The van der Waals surface area contributed by atoms with Gasteiger partial charge in [0.1, 0.15) is 11.5 Å². The van der Waals surface area contributed by atoms with Crippen molar-refractivity contribution in [3.05, 3.63) is 58.5 Å².